The van der Waals surface area contributed by atoms with Gasteiger partial charge in [-0.05, 0) is 66.3 Å². The summed E-state index contributed by atoms with van der Waals surface area (Å²) in [7, 11) is -4.24. The van der Waals surface area contributed by atoms with Crippen LogP contribution in [0.5, 0.6) is 5.75 Å². The number of hydrogen-bond donors (Lipinski definition) is 2. The third-order valence-corrected chi connectivity index (χ3v) is 7.17. The lowest BCUT2D eigenvalue weighted by atomic mass is 9.93. The minimum Gasteiger partial charge on any atom is -0.489 e. The van der Waals surface area contributed by atoms with Crippen LogP contribution in [0.1, 0.15) is 29.5 Å². The first-order valence-corrected chi connectivity index (χ1v) is 11.8. The van der Waals surface area contributed by atoms with Gasteiger partial charge in [-0.2, -0.15) is 31.0 Å². The molecular formula is C22H25F3N2O3S. The summed E-state index contributed by atoms with van der Waals surface area (Å²) < 4.78 is 71.6. The maximum atomic E-state index is 12.4. The van der Waals surface area contributed by atoms with E-state index in [4.69, 9.17) is 4.74 Å². The highest BCUT2D eigenvalue weighted by Crippen LogP contribution is 2.41. The second-order valence-electron chi connectivity index (χ2n) is 8.29. The number of fused-ring (bicyclic) bond motifs is 3. The Morgan fingerprint density at radius 1 is 0.968 bits per heavy atom. The van der Waals surface area contributed by atoms with E-state index in [1.54, 1.807) is 4.72 Å². The van der Waals surface area contributed by atoms with Gasteiger partial charge in [0.05, 0.1) is 0 Å². The molecule has 2 N–H and O–H groups in total. The summed E-state index contributed by atoms with van der Waals surface area (Å²) in [5.74, 6) is 0.854. The van der Waals surface area contributed by atoms with Gasteiger partial charge in [-0.25, -0.2) is 0 Å². The predicted molar refractivity (Wildman–Crippen MR) is 111 cm³/mol. The number of nitrogens with one attached hydrogen (secondary N) is 2. The molecule has 0 spiro atoms. The molecule has 1 fully saturated rings. The average Bonchev–Trinajstić information content (AvgIpc) is 2.99. The molecule has 4 rings (SSSR count). The Kier molecular flexibility index (Phi) is 6.27. The fraction of sp³-hybridized carbons (Fsp3) is 0.455. The SMILES string of the molecule is O=S(=O)(NCC(F)(F)F)N[C@@H]1[C@@H]2CC[C@H]1Cc1cc(OCc3ccccc3)ccc1C2. The first-order valence-electron chi connectivity index (χ1n) is 10.3. The quantitative estimate of drug-likeness (QED) is 0.670. The molecule has 0 unspecified atom stereocenters. The number of halogens is 3. The van der Waals surface area contributed by atoms with Crippen LogP contribution in [0.3, 0.4) is 0 Å². The number of hydrogen-bond acceptors (Lipinski definition) is 3. The van der Waals surface area contributed by atoms with Gasteiger partial charge in [-0.15, -0.1) is 0 Å². The molecule has 1 saturated carbocycles. The summed E-state index contributed by atoms with van der Waals surface area (Å²) in [6.07, 6.45) is -1.55. The Bertz CT molecular complexity index is 1010. The molecule has 2 aliphatic rings. The Labute approximate surface area is 180 Å². The summed E-state index contributed by atoms with van der Waals surface area (Å²) in [5.41, 5.74) is 3.33. The lowest BCUT2D eigenvalue weighted by Crippen LogP contribution is -2.49. The van der Waals surface area contributed by atoms with E-state index in [-0.39, 0.29) is 17.9 Å². The van der Waals surface area contributed by atoms with Crippen molar-refractivity contribution in [1.29, 1.82) is 0 Å². The number of rotatable bonds is 7. The third-order valence-electron chi connectivity index (χ3n) is 6.07. The summed E-state index contributed by atoms with van der Waals surface area (Å²) in [6.45, 7) is -1.12. The number of alkyl halides is 3. The molecule has 5 nitrogen and oxygen atoms in total. The first kappa shape index (κ1) is 22.1. The van der Waals surface area contributed by atoms with Crippen LogP contribution < -0.4 is 14.2 Å². The van der Waals surface area contributed by atoms with Crippen LogP contribution in [0.15, 0.2) is 48.5 Å². The zero-order valence-corrected chi connectivity index (χ0v) is 17.7. The second kappa shape index (κ2) is 8.80. The van der Waals surface area contributed by atoms with Crippen molar-refractivity contribution in [2.75, 3.05) is 6.54 Å². The van der Waals surface area contributed by atoms with E-state index >= 15 is 0 Å². The molecule has 0 amide bonds. The van der Waals surface area contributed by atoms with Gasteiger partial charge in [0.15, 0.2) is 0 Å². The van der Waals surface area contributed by atoms with Crippen molar-refractivity contribution >= 4 is 10.2 Å². The topological polar surface area (TPSA) is 67.4 Å². The molecule has 2 aliphatic carbocycles. The highest BCUT2D eigenvalue weighted by Gasteiger charge is 2.41. The van der Waals surface area contributed by atoms with E-state index in [9.17, 15) is 21.6 Å². The van der Waals surface area contributed by atoms with Gasteiger partial charge >= 0.3 is 6.18 Å². The maximum Gasteiger partial charge on any atom is 0.402 e. The van der Waals surface area contributed by atoms with Gasteiger partial charge in [0.25, 0.3) is 10.2 Å². The van der Waals surface area contributed by atoms with Crippen molar-refractivity contribution < 1.29 is 26.3 Å². The number of ether oxygens (including phenoxy) is 1. The maximum absolute atomic E-state index is 12.4. The van der Waals surface area contributed by atoms with Crippen LogP contribution in [0.25, 0.3) is 0 Å². The lowest BCUT2D eigenvalue weighted by molar-refractivity contribution is -0.121. The molecule has 3 atom stereocenters. The van der Waals surface area contributed by atoms with Crippen molar-refractivity contribution in [3.05, 3.63) is 65.2 Å². The van der Waals surface area contributed by atoms with Crippen LogP contribution in [0.4, 0.5) is 13.2 Å². The van der Waals surface area contributed by atoms with E-state index in [1.165, 1.54) is 0 Å². The van der Waals surface area contributed by atoms with Crippen LogP contribution in [0.2, 0.25) is 0 Å². The molecule has 0 aliphatic heterocycles. The third kappa shape index (κ3) is 5.78. The van der Waals surface area contributed by atoms with Crippen molar-refractivity contribution in [3.8, 4) is 5.75 Å². The number of benzene rings is 2. The van der Waals surface area contributed by atoms with Crippen molar-refractivity contribution in [3.63, 3.8) is 0 Å². The van der Waals surface area contributed by atoms with Gasteiger partial charge in [0.1, 0.15) is 18.9 Å². The second-order valence-corrected chi connectivity index (χ2v) is 9.83. The summed E-state index contributed by atoms with van der Waals surface area (Å²) >= 11 is 0. The first-order chi connectivity index (χ1) is 14.7. The molecule has 168 valence electrons. The van der Waals surface area contributed by atoms with Gasteiger partial charge in [0.2, 0.25) is 0 Å². The van der Waals surface area contributed by atoms with Crippen molar-refractivity contribution in [2.45, 2.75) is 44.5 Å². The monoisotopic (exact) mass is 454 g/mol. The Morgan fingerprint density at radius 2 is 1.65 bits per heavy atom. The van der Waals surface area contributed by atoms with Crippen LogP contribution in [0, 0.1) is 11.8 Å². The normalized spacial score (nSPS) is 23.3. The molecule has 0 saturated heterocycles. The standard InChI is InChI=1S/C22H25F3N2O3S/c23-22(24,25)14-26-31(28,29)27-21-17-6-7-18(21)11-19-12-20(9-8-16(19)10-17)30-13-15-4-2-1-3-5-15/h1-5,8-9,12,17-18,21,26-27H,6-7,10-11,13-14H2/t17-,18+,21-/m1/s1. The van der Waals surface area contributed by atoms with E-state index in [2.05, 4.69) is 4.72 Å². The molecule has 0 heterocycles. The molecule has 31 heavy (non-hydrogen) atoms. The van der Waals surface area contributed by atoms with Crippen LogP contribution in [-0.4, -0.2) is 27.2 Å². The minimum atomic E-state index is -4.59. The average molecular weight is 455 g/mol. The van der Waals surface area contributed by atoms with E-state index in [0.29, 0.717) is 19.4 Å². The largest absolute Gasteiger partial charge is 0.489 e. The molecule has 2 aromatic rings. The fourth-order valence-electron chi connectivity index (χ4n) is 4.61. The van der Waals surface area contributed by atoms with Crippen LogP contribution >= 0.6 is 0 Å². The summed E-state index contributed by atoms with van der Waals surface area (Å²) in [4.78, 5) is 0. The predicted octanol–water partition coefficient (Wildman–Crippen LogP) is 3.75. The fourth-order valence-corrected chi connectivity index (χ4v) is 5.79. The highest BCUT2D eigenvalue weighted by atomic mass is 32.2. The van der Waals surface area contributed by atoms with E-state index in [0.717, 1.165) is 35.3 Å². The zero-order valence-electron chi connectivity index (χ0n) is 16.9. The molecule has 0 aromatic heterocycles. The van der Waals surface area contributed by atoms with Crippen LogP contribution in [-0.2, 0) is 29.7 Å². The lowest BCUT2D eigenvalue weighted by Gasteiger charge is -2.23. The molecular weight excluding hydrogens is 429 g/mol. The summed E-state index contributed by atoms with van der Waals surface area (Å²) in [5, 5.41) is 0. The zero-order chi connectivity index (χ0) is 22.1. The van der Waals surface area contributed by atoms with Crippen molar-refractivity contribution in [1.82, 2.24) is 9.44 Å². The van der Waals surface area contributed by atoms with E-state index in [1.807, 2.05) is 48.5 Å². The highest BCUT2D eigenvalue weighted by molar-refractivity contribution is 7.87. The minimum absolute atomic E-state index is 0.0399. The summed E-state index contributed by atoms with van der Waals surface area (Å²) in [6, 6.07) is 15.4. The Hall–Kier alpha value is -2.10. The van der Waals surface area contributed by atoms with Crippen molar-refractivity contribution in [2.24, 2.45) is 11.8 Å². The Morgan fingerprint density at radius 3 is 2.32 bits per heavy atom. The Balaban J connectivity index is 1.44. The van der Waals surface area contributed by atoms with Gasteiger partial charge in [0, 0.05) is 6.04 Å². The molecule has 0 radical (unpaired) electrons. The molecule has 2 bridgehead atoms. The van der Waals surface area contributed by atoms with Gasteiger partial charge in [-0.3, -0.25) is 0 Å². The van der Waals surface area contributed by atoms with Gasteiger partial charge in [-0.1, -0.05) is 36.4 Å². The smallest absolute Gasteiger partial charge is 0.402 e. The molecule has 9 heteroatoms. The van der Waals surface area contributed by atoms with E-state index < -0.39 is 22.9 Å². The molecule has 2 aromatic carbocycles. The van der Waals surface area contributed by atoms with Gasteiger partial charge < -0.3 is 4.74 Å².